The summed E-state index contributed by atoms with van der Waals surface area (Å²) in [6.45, 7) is 1.08. The quantitative estimate of drug-likeness (QED) is 0.373. The average molecular weight is 496 g/mol. The van der Waals surface area contributed by atoms with Crippen molar-refractivity contribution in [2.45, 2.75) is 13.0 Å². The van der Waals surface area contributed by atoms with E-state index in [1.54, 1.807) is 33.9 Å². The van der Waals surface area contributed by atoms with E-state index in [2.05, 4.69) is 10.1 Å². The van der Waals surface area contributed by atoms with Crippen LogP contribution in [-0.4, -0.2) is 68.5 Å². The van der Waals surface area contributed by atoms with Gasteiger partial charge in [-0.05, 0) is 29.7 Å². The minimum Gasteiger partial charge on any atom is -0.344 e. The molecule has 4 aromatic rings. The highest BCUT2D eigenvalue weighted by molar-refractivity contribution is 6.01. The second kappa shape index (κ2) is 10.2. The van der Waals surface area contributed by atoms with Gasteiger partial charge in [-0.25, -0.2) is 9.97 Å². The molecular formula is C28H29N7O2. The number of nitrogens with zero attached hydrogens (tertiary/aromatic N) is 7. The summed E-state index contributed by atoms with van der Waals surface area (Å²) in [5.74, 6) is 1.17. The number of hydrogen-bond donors (Lipinski definition) is 0. The normalized spacial score (nSPS) is 12.5. The second-order valence-electron chi connectivity index (χ2n) is 9.20. The third-order valence-electron chi connectivity index (χ3n) is 6.70. The molecule has 37 heavy (non-hydrogen) atoms. The number of aryl methyl sites for hydroxylation is 1. The molecule has 1 aliphatic rings. The Labute approximate surface area is 216 Å². The van der Waals surface area contributed by atoms with Gasteiger partial charge in [0.05, 0.1) is 11.9 Å². The van der Waals surface area contributed by atoms with Crippen LogP contribution in [0, 0.1) is 0 Å². The molecule has 0 bridgehead atoms. The molecule has 0 saturated carbocycles. The molecule has 0 unspecified atom stereocenters. The first-order chi connectivity index (χ1) is 17.9. The van der Waals surface area contributed by atoms with Crippen LogP contribution >= 0.6 is 0 Å². The lowest BCUT2D eigenvalue weighted by molar-refractivity contribution is -0.130. The van der Waals surface area contributed by atoms with E-state index >= 15 is 0 Å². The zero-order valence-electron chi connectivity index (χ0n) is 21.2. The fraction of sp³-hybridized carbons (Fsp3) is 0.250. The maximum atomic E-state index is 13.2. The molecule has 0 radical (unpaired) electrons. The van der Waals surface area contributed by atoms with Crippen molar-refractivity contribution in [1.29, 1.82) is 0 Å². The molecule has 2 aromatic carbocycles. The number of likely N-dealkylation sites (N-methyl/N-ethyl adjacent to an activating group) is 1. The lowest BCUT2D eigenvalue weighted by Gasteiger charge is -2.21. The first-order valence-electron chi connectivity index (χ1n) is 12.2. The summed E-state index contributed by atoms with van der Waals surface area (Å²) in [7, 11) is 5.53. The van der Waals surface area contributed by atoms with Crippen molar-refractivity contribution < 1.29 is 9.59 Å². The van der Waals surface area contributed by atoms with Crippen LogP contribution < -0.4 is 4.90 Å². The molecule has 0 atom stereocenters. The van der Waals surface area contributed by atoms with Crippen LogP contribution in [0.2, 0.25) is 0 Å². The Morgan fingerprint density at radius 1 is 1.03 bits per heavy atom. The summed E-state index contributed by atoms with van der Waals surface area (Å²) < 4.78 is 1.75. The molecule has 0 N–H and O–H groups in total. The maximum Gasteiger partial charge on any atom is 0.254 e. The molecule has 0 aliphatic carbocycles. The summed E-state index contributed by atoms with van der Waals surface area (Å²) in [6, 6.07) is 19.5. The topological polar surface area (TPSA) is 87.5 Å². The third kappa shape index (κ3) is 5.06. The fourth-order valence-corrected chi connectivity index (χ4v) is 4.47. The number of hydrogen-bond acceptors (Lipinski definition) is 6. The van der Waals surface area contributed by atoms with E-state index in [1.807, 2.05) is 79.7 Å². The minimum absolute atomic E-state index is 0.0568. The first kappa shape index (κ1) is 24.2. The lowest BCUT2D eigenvalue weighted by Crippen LogP contribution is -2.39. The Hall–Kier alpha value is -4.53. The average Bonchev–Trinajstić information content (AvgIpc) is 3.49. The Morgan fingerprint density at radius 3 is 2.59 bits per heavy atom. The maximum absolute atomic E-state index is 13.2. The zero-order valence-corrected chi connectivity index (χ0v) is 21.2. The molecule has 9 nitrogen and oxygen atoms in total. The molecule has 2 amide bonds. The number of fused-ring (bicyclic) bond motifs is 1. The number of rotatable bonds is 8. The summed E-state index contributed by atoms with van der Waals surface area (Å²) in [6.07, 6.45) is 4.20. The van der Waals surface area contributed by atoms with Crippen LogP contribution in [0.4, 0.5) is 11.8 Å². The van der Waals surface area contributed by atoms with Gasteiger partial charge in [0.1, 0.15) is 12.4 Å². The van der Waals surface area contributed by atoms with Gasteiger partial charge < -0.3 is 9.80 Å². The lowest BCUT2D eigenvalue weighted by atomic mass is 10.0. The number of amides is 2. The Morgan fingerprint density at radius 2 is 1.84 bits per heavy atom. The summed E-state index contributed by atoms with van der Waals surface area (Å²) >= 11 is 0. The SMILES string of the molecule is CN(CCc1ccccc1)C(=O)CN1Cc2ccc(-c3ccnc(N(C)c4ccnn4C)n3)cc2C1=O. The highest BCUT2D eigenvalue weighted by Gasteiger charge is 2.30. The van der Waals surface area contributed by atoms with Crippen LogP contribution in [0.25, 0.3) is 11.3 Å². The van der Waals surface area contributed by atoms with Gasteiger partial charge >= 0.3 is 0 Å². The van der Waals surface area contributed by atoms with Gasteiger partial charge in [0.15, 0.2) is 0 Å². The van der Waals surface area contributed by atoms with Crippen molar-refractivity contribution >= 4 is 23.6 Å². The molecule has 188 valence electrons. The zero-order chi connectivity index (χ0) is 25.9. The van der Waals surface area contributed by atoms with Gasteiger partial charge in [-0.1, -0.05) is 42.5 Å². The smallest absolute Gasteiger partial charge is 0.254 e. The molecule has 0 fully saturated rings. The van der Waals surface area contributed by atoms with Gasteiger partial charge in [0, 0.05) is 57.6 Å². The van der Waals surface area contributed by atoms with Crippen molar-refractivity contribution in [3.8, 4) is 11.3 Å². The summed E-state index contributed by atoms with van der Waals surface area (Å²) in [5.41, 5.74) is 4.23. The molecule has 9 heteroatoms. The highest BCUT2D eigenvalue weighted by atomic mass is 16.2. The van der Waals surface area contributed by atoms with Gasteiger partial charge in [-0.15, -0.1) is 0 Å². The van der Waals surface area contributed by atoms with Gasteiger partial charge in [0.2, 0.25) is 11.9 Å². The molecule has 3 heterocycles. The van der Waals surface area contributed by atoms with Gasteiger partial charge in [-0.2, -0.15) is 5.10 Å². The minimum atomic E-state index is -0.136. The van der Waals surface area contributed by atoms with E-state index < -0.39 is 0 Å². The molecule has 0 spiro atoms. The first-order valence-corrected chi connectivity index (χ1v) is 12.2. The second-order valence-corrected chi connectivity index (χ2v) is 9.20. The monoisotopic (exact) mass is 495 g/mol. The summed E-state index contributed by atoms with van der Waals surface area (Å²) in [4.78, 5) is 40.3. The van der Waals surface area contributed by atoms with E-state index in [-0.39, 0.29) is 18.4 Å². The molecule has 1 aliphatic heterocycles. The predicted octanol–water partition coefficient (Wildman–Crippen LogP) is 3.30. The molecular weight excluding hydrogens is 466 g/mol. The van der Waals surface area contributed by atoms with Crippen LogP contribution in [0.15, 0.2) is 73.1 Å². The molecule has 5 rings (SSSR count). The van der Waals surface area contributed by atoms with Crippen LogP contribution in [0.1, 0.15) is 21.5 Å². The van der Waals surface area contributed by atoms with Crippen LogP contribution in [0.3, 0.4) is 0 Å². The van der Waals surface area contributed by atoms with E-state index in [1.165, 1.54) is 5.56 Å². The van der Waals surface area contributed by atoms with Crippen molar-refractivity contribution in [3.63, 3.8) is 0 Å². The van der Waals surface area contributed by atoms with E-state index in [0.717, 1.165) is 23.4 Å². The Kier molecular flexibility index (Phi) is 6.68. The Bertz CT molecular complexity index is 1430. The standard InChI is InChI=1S/C28H29N7O2/c1-32(16-13-20-7-5-4-6-8-20)26(36)19-35-18-22-10-9-21(17-23(22)27(35)37)24-11-14-29-28(31-24)33(2)25-12-15-30-34(25)3/h4-12,14-15,17H,13,16,18-19H2,1-3H3. The largest absolute Gasteiger partial charge is 0.344 e. The van der Waals surface area contributed by atoms with Crippen LogP contribution in [0.5, 0.6) is 0 Å². The van der Waals surface area contributed by atoms with Gasteiger partial charge in [0.25, 0.3) is 5.91 Å². The number of carbonyl (C=O) groups excluding carboxylic acids is 2. The van der Waals surface area contributed by atoms with Crippen LogP contribution in [-0.2, 0) is 24.8 Å². The van der Waals surface area contributed by atoms with Crippen molar-refractivity contribution in [2.24, 2.45) is 7.05 Å². The van der Waals surface area contributed by atoms with E-state index in [0.29, 0.717) is 30.3 Å². The van der Waals surface area contributed by atoms with E-state index in [9.17, 15) is 9.59 Å². The predicted molar refractivity (Wildman–Crippen MR) is 141 cm³/mol. The fourth-order valence-electron chi connectivity index (χ4n) is 4.47. The van der Waals surface area contributed by atoms with Crippen molar-refractivity contribution in [3.05, 3.63) is 89.7 Å². The van der Waals surface area contributed by atoms with E-state index in [4.69, 9.17) is 4.98 Å². The van der Waals surface area contributed by atoms with Crippen molar-refractivity contribution in [1.82, 2.24) is 29.5 Å². The third-order valence-corrected chi connectivity index (χ3v) is 6.70. The number of benzene rings is 2. The molecule has 0 saturated heterocycles. The Balaban J connectivity index is 1.27. The molecule has 2 aromatic heterocycles. The number of anilines is 2. The highest BCUT2D eigenvalue weighted by Crippen LogP contribution is 2.29. The summed E-state index contributed by atoms with van der Waals surface area (Å²) in [5, 5.41) is 4.20. The van der Waals surface area contributed by atoms with Gasteiger partial charge in [-0.3, -0.25) is 19.2 Å². The van der Waals surface area contributed by atoms with Crippen molar-refractivity contribution in [2.75, 3.05) is 32.1 Å². The number of carbonyl (C=O) groups is 2. The number of aromatic nitrogens is 4.